The van der Waals surface area contributed by atoms with Crippen molar-refractivity contribution in [2.24, 2.45) is 5.92 Å². The van der Waals surface area contributed by atoms with Crippen molar-refractivity contribution in [2.45, 2.75) is 27.3 Å². The van der Waals surface area contributed by atoms with E-state index in [9.17, 15) is 9.59 Å². The number of pyridine rings is 1. The number of carbonyl (C=O) groups excluding carboxylic acids is 1. The van der Waals surface area contributed by atoms with E-state index in [4.69, 9.17) is 0 Å². The zero-order chi connectivity index (χ0) is 18.0. The summed E-state index contributed by atoms with van der Waals surface area (Å²) in [6.07, 6.45) is 0. The van der Waals surface area contributed by atoms with E-state index in [1.54, 1.807) is 11.3 Å². The van der Waals surface area contributed by atoms with Crippen LogP contribution >= 0.6 is 11.3 Å². The van der Waals surface area contributed by atoms with Gasteiger partial charge in [-0.2, -0.15) is 11.3 Å². The Morgan fingerprint density at radius 1 is 1.24 bits per heavy atom. The van der Waals surface area contributed by atoms with Gasteiger partial charge in [-0.3, -0.25) is 9.59 Å². The number of hydrogen-bond acceptors (Lipinski definition) is 3. The monoisotopic (exact) mass is 354 g/mol. The first kappa shape index (κ1) is 17.4. The van der Waals surface area contributed by atoms with Crippen molar-refractivity contribution in [3.05, 3.63) is 68.1 Å². The molecule has 3 aromatic rings. The predicted octanol–water partition coefficient (Wildman–Crippen LogP) is 4.20. The van der Waals surface area contributed by atoms with Gasteiger partial charge < -0.3 is 9.88 Å². The smallest absolute Gasteiger partial charge is 0.255 e. The number of benzene rings is 1. The summed E-state index contributed by atoms with van der Waals surface area (Å²) >= 11 is 1.62. The van der Waals surface area contributed by atoms with E-state index in [-0.39, 0.29) is 11.5 Å². The van der Waals surface area contributed by atoms with E-state index >= 15 is 0 Å². The molecule has 0 unspecified atom stereocenters. The fraction of sp³-hybridized carbons (Fsp3) is 0.300. The minimum Gasteiger partial charge on any atom is -0.334 e. The summed E-state index contributed by atoms with van der Waals surface area (Å²) in [6, 6.07) is 9.20. The Morgan fingerprint density at radius 3 is 2.72 bits per heavy atom. The van der Waals surface area contributed by atoms with Crippen molar-refractivity contribution in [3.8, 4) is 0 Å². The van der Waals surface area contributed by atoms with Crippen molar-refractivity contribution in [3.63, 3.8) is 0 Å². The molecule has 0 saturated carbocycles. The van der Waals surface area contributed by atoms with Crippen molar-refractivity contribution in [2.75, 3.05) is 6.54 Å². The highest BCUT2D eigenvalue weighted by Gasteiger charge is 2.20. The first-order valence-electron chi connectivity index (χ1n) is 8.38. The number of rotatable bonds is 5. The van der Waals surface area contributed by atoms with Gasteiger partial charge in [-0.1, -0.05) is 25.5 Å². The molecule has 3 rings (SSSR count). The third-order valence-corrected chi connectivity index (χ3v) is 4.79. The summed E-state index contributed by atoms with van der Waals surface area (Å²) in [5, 5.41) is 4.86. The molecule has 0 fully saturated rings. The van der Waals surface area contributed by atoms with Gasteiger partial charge in [0.1, 0.15) is 0 Å². The van der Waals surface area contributed by atoms with Gasteiger partial charge in [-0.05, 0) is 47.4 Å². The minimum atomic E-state index is -0.250. The number of H-pyrrole nitrogens is 1. The molecule has 0 radical (unpaired) electrons. The van der Waals surface area contributed by atoms with Crippen molar-refractivity contribution in [1.82, 2.24) is 9.88 Å². The quantitative estimate of drug-likeness (QED) is 0.747. The first-order chi connectivity index (χ1) is 11.9. The Balaban J connectivity index is 2.05. The molecule has 130 valence electrons. The summed E-state index contributed by atoms with van der Waals surface area (Å²) in [6.45, 7) is 7.37. The average Bonchev–Trinajstić information content (AvgIpc) is 3.06. The van der Waals surface area contributed by atoms with Gasteiger partial charge in [0.15, 0.2) is 0 Å². The van der Waals surface area contributed by atoms with Crippen LogP contribution in [0.1, 0.15) is 35.3 Å². The topological polar surface area (TPSA) is 53.2 Å². The Bertz CT molecular complexity index is 942. The lowest BCUT2D eigenvalue weighted by molar-refractivity contribution is 0.0724. The van der Waals surface area contributed by atoms with Crippen LogP contribution in [0.4, 0.5) is 0 Å². The van der Waals surface area contributed by atoms with Gasteiger partial charge in [0.25, 0.3) is 5.91 Å². The molecule has 0 bridgehead atoms. The molecular formula is C20H22N2O2S. The molecule has 25 heavy (non-hydrogen) atoms. The molecule has 0 spiro atoms. The van der Waals surface area contributed by atoms with Gasteiger partial charge in [0, 0.05) is 30.1 Å². The lowest BCUT2D eigenvalue weighted by atomic mass is 10.0. The maximum atomic E-state index is 13.3. The Hall–Kier alpha value is -2.40. The second kappa shape index (κ2) is 7.23. The van der Waals surface area contributed by atoms with Crippen LogP contribution in [0.5, 0.6) is 0 Å². The highest BCUT2D eigenvalue weighted by Crippen LogP contribution is 2.21. The molecule has 4 nitrogen and oxygen atoms in total. The van der Waals surface area contributed by atoms with Crippen LogP contribution in [0.3, 0.4) is 0 Å². The Kier molecular flexibility index (Phi) is 5.04. The van der Waals surface area contributed by atoms with Crippen LogP contribution in [0.2, 0.25) is 0 Å². The Morgan fingerprint density at radius 2 is 2.04 bits per heavy atom. The second-order valence-electron chi connectivity index (χ2n) is 6.81. The molecule has 1 amide bonds. The molecular weight excluding hydrogens is 332 g/mol. The van der Waals surface area contributed by atoms with Crippen LogP contribution in [-0.2, 0) is 6.54 Å². The zero-order valence-electron chi connectivity index (χ0n) is 14.7. The number of nitrogens with one attached hydrogen (secondary N) is 1. The van der Waals surface area contributed by atoms with Crippen molar-refractivity contribution < 1.29 is 4.79 Å². The van der Waals surface area contributed by atoms with Crippen LogP contribution in [0.15, 0.2) is 45.9 Å². The number of aromatic amines is 1. The molecule has 5 heteroatoms. The van der Waals surface area contributed by atoms with E-state index in [0.29, 0.717) is 30.1 Å². The number of aromatic nitrogens is 1. The van der Waals surface area contributed by atoms with E-state index < -0.39 is 0 Å². The third kappa shape index (κ3) is 3.99. The number of fused-ring (bicyclic) bond motifs is 1. The maximum Gasteiger partial charge on any atom is 0.255 e. The highest BCUT2D eigenvalue weighted by atomic mass is 32.1. The van der Waals surface area contributed by atoms with Gasteiger partial charge >= 0.3 is 0 Å². The van der Waals surface area contributed by atoms with Gasteiger partial charge in [-0.15, -0.1) is 0 Å². The van der Waals surface area contributed by atoms with E-state index in [1.807, 2.05) is 41.5 Å². The fourth-order valence-electron chi connectivity index (χ4n) is 2.98. The van der Waals surface area contributed by atoms with Gasteiger partial charge in [-0.25, -0.2) is 0 Å². The van der Waals surface area contributed by atoms with Crippen LogP contribution in [-0.4, -0.2) is 22.3 Å². The highest BCUT2D eigenvalue weighted by molar-refractivity contribution is 7.07. The number of nitrogens with zero attached hydrogens (tertiary/aromatic N) is 1. The molecule has 1 N–H and O–H groups in total. The SMILES string of the molecule is Cc1ccc2[nH]c(=O)cc(C(=O)N(Cc3ccsc3)CC(C)C)c2c1. The summed E-state index contributed by atoms with van der Waals surface area (Å²) in [5.41, 5.74) is 3.09. The minimum absolute atomic E-state index is 0.0957. The molecule has 0 atom stereocenters. The third-order valence-electron chi connectivity index (χ3n) is 4.06. The summed E-state index contributed by atoms with van der Waals surface area (Å²) < 4.78 is 0. The van der Waals surface area contributed by atoms with Crippen molar-refractivity contribution in [1.29, 1.82) is 0 Å². The number of amides is 1. The van der Waals surface area contributed by atoms with E-state index in [1.165, 1.54) is 6.07 Å². The van der Waals surface area contributed by atoms with Crippen LogP contribution < -0.4 is 5.56 Å². The summed E-state index contributed by atoms with van der Waals surface area (Å²) in [7, 11) is 0. The van der Waals surface area contributed by atoms with Crippen LogP contribution in [0.25, 0.3) is 10.9 Å². The lowest BCUT2D eigenvalue weighted by Gasteiger charge is -2.25. The molecule has 2 heterocycles. The number of thiophene rings is 1. The molecule has 0 aliphatic heterocycles. The predicted molar refractivity (Wildman–Crippen MR) is 103 cm³/mol. The largest absolute Gasteiger partial charge is 0.334 e. The Labute approximate surface area is 151 Å². The van der Waals surface area contributed by atoms with E-state index in [0.717, 1.165) is 16.5 Å². The summed E-state index contributed by atoms with van der Waals surface area (Å²) in [4.78, 5) is 29.9. The molecule has 0 aliphatic rings. The second-order valence-corrected chi connectivity index (χ2v) is 7.59. The molecule has 0 saturated heterocycles. The molecule has 2 aromatic heterocycles. The van der Waals surface area contributed by atoms with Gasteiger partial charge in [0.05, 0.1) is 5.56 Å². The first-order valence-corrected chi connectivity index (χ1v) is 9.32. The number of aryl methyl sites for hydroxylation is 1. The number of hydrogen-bond donors (Lipinski definition) is 1. The van der Waals surface area contributed by atoms with Crippen molar-refractivity contribution >= 4 is 28.1 Å². The maximum absolute atomic E-state index is 13.3. The average molecular weight is 354 g/mol. The zero-order valence-corrected chi connectivity index (χ0v) is 15.5. The van der Waals surface area contributed by atoms with Gasteiger partial charge in [0.2, 0.25) is 5.56 Å². The molecule has 0 aliphatic carbocycles. The lowest BCUT2D eigenvalue weighted by Crippen LogP contribution is -2.34. The van der Waals surface area contributed by atoms with Crippen LogP contribution in [0, 0.1) is 12.8 Å². The normalized spacial score (nSPS) is 11.2. The number of carbonyl (C=O) groups is 1. The standard InChI is InChI=1S/C20H22N2O2S/c1-13(2)10-22(11-15-6-7-25-12-15)20(24)17-9-19(23)21-18-5-4-14(3)8-16(17)18/h4-9,12-13H,10-11H2,1-3H3,(H,21,23). The van der Waals surface area contributed by atoms with E-state index in [2.05, 4.69) is 24.2 Å². The fourth-order valence-corrected chi connectivity index (χ4v) is 3.64. The summed E-state index contributed by atoms with van der Waals surface area (Å²) in [5.74, 6) is 0.249. The molecule has 1 aromatic carbocycles.